The van der Waals surface area contributed by atoms with Gasteiger partial charge in [-0.1, -0.05) is 18.2 Å². The second kappa shape index (κ2) is 4.41. The monoisotopic (exact) mass is 231 g/mol. The number of aliphatic hydroxyl groups is 1. The summed E-state index contributed by atoms with van der Waals surface area (Å²) < 4.78 is 4.90. The number of nitrogens with zero attached hydrogens (tertiary/aromatic N) is 1. The molecule has 1 heterocycles. The lowest BCUT2D eigenvalue weighted by molar-refractivity contribution is -0.139. The summed E-state index contributed by atoms with van der Waals surface area (Å²) in [5.74, 6) is -0.570. The third kappa shape index (κ3) is 2.20. The van der Waals surface area contributed by atoms with Gasteiger partial charge in [0.15, 0.2) is 6.10 Å². The van der Waals surface area contributed by atoms with Gasteiger partial charge < -0.3 is 9.84 Å². The highest BCUT2D eigenvalue weighted by atomic mass is 16.6. The van der Waals surface area contributed by atoms with Gasteiger partial charge >= 0.3 is 5.97 Å². The van der Waals surface area contributed by atoms with E-state index in [4.69, 9.17) is 4.74 Å². The summed E-state index contributed by atoms with van der Waals surface area (Å²) in [6.45, 7) is 3.30. The van der Waals surface area contributed by atoms with E-state index in [1.807, 2.05) is 30.3 Å². The van der Waals surface area contributed by atoms with Crippen LogP contribution in [-0.4, -0.2) is 22.9 Å². The number of hydrogen-bond acceptors (Lipinski definition) is 4. The molecule has 4 heteroatoms. The molecule has 1 aromatic rings. The number of hydrogen-bond donors (Lipinski definition) is 1. The fraction of sp³-hybridized carbons (Fsp3) is 0.231. The Morgan fingerprint density at radius 2 is 2.00 bits per heavy atom. The maximum absolute atomic E-state index is 11.5. The highest BCUT2D eigenvalue weighted by molar-refractivity contribution is 6.21. The van der Waals surface area contributed by atoms with Gasteiger partial charge in [-0.2, -0.15) is 0 Å². The smallest absolute Gasteiger partial charge is 0.344 e. The van der Waals surface area contributed by atoms with E-state index in [1.54, 1.807) is 13.8 Å². The molecule has 0 fully saturated rings. The van der Waals surface area contributed by atoms with Crippen molar-refractivity contribution >= 4 is 17.4 Å². The van der Waals surface area contributed by atoms with Crippen molar-refractivity contribution in [1.82, 2.24) is 0 Å². The molecule has 0 radical (unpaired) electrons. The van der Waals surface area contributed by atoms with Crippen molar-refractivity contribution in [2.24, 2.45) is 4.99 Å². The van der Waals surface area contributed by atoms with Crippen LogP contribution < -0.4 is 0 Å². The van der Waals surface area contributed by atoms with Crippen LogP contribution in [0.2, 0.25) is 0 Å². The maximum atomic E-state index is 11.5. The van der Waals surface area contributed by atoms with Gasteiger partial charge in [-0.15, -0.1) is 0 Å². The molecule has 1 N–H and O–H groups in total. The molecule has 0 saturated carbocycles. The van der Waals surface area contributed by atoms with Crippen molar-refractivity contribution in [3.05, 3.63) is 41.7 Å². The lowest BCUT2D eigenvalue weighted by Crippen LogP contribution is -2.08. The van der Waals surface area contributed by atoms with Crippen LogP contribution in [0.5, 0.6) is 0 Å². The highest BCUT2D eigenvalue weighted by Gasteiger charge is 2.32. The van der Waals surface area contributed by atoms with Crippen LogP contribution in [-0.2, 0) is 9.53 Å². The molecule has 0 aliphatic carbocycles. The zero-order valence-electron chi connectivity index (χ0n) is 9.68. The molecular weight excluding hydrogens is 218 g/mol. The van der Waals surface area contributed by atoms with Gasteiger partial charge in [-0.3, -0.25) is 4.99 Å². The first kappa shape index (κ1) is 11.4. The maximum Gasteiger partial charge on any atom is 0.344 e. The average Bonchev–Trinajstić information content (AvgIpc) is 2.54. The molecule has 1 unspecified atom stereocenters. The van der Waals surface area contributed by atoms with Crippen LogP contribution in [0.15, 0.2) is 46.7 Å². The lowest BCUT2D eigenvalue weighted by atomic mass is 10.1. The Morgan fingerprint density at radius 3 is 2.53 bits per heavy atom. The van der Waals surface area contributed by atoms with Crippen LogP contribution in [0.1, 0.15) is 13.8 Å². The van der Waals surface area contributed by atoms with E-state index in [1.165, 1.54) is 0 Å². The summed E-state index contributed by atoms with van der Waals surface area (Å²) in [6.07, 6.45) is -0.585. The lowest BCUT2D eigenvalue weighted by Gasteiger charge is -1.99. The number of para-hydroxylation sites is 1. The summed E-state index contributed by atoms with van der Waals surface area (Å²) in [5.41, 5.74) is 1.36. The molecule has 0 aromatic heterocycles. The molecule has 1 aliphatic rings. The molecule has 0 spiro atoms. The zero-order chi connectivity index (χ0) is 12.4. The van der Waals surface area contributed by atoms with Crippen LogP contribution in [0.25, 0.3) is 0 Å². The van der Waals surface area contributed by atoms with Gasteiger partial charge in [0.2, 0.25) is 0 Å². The minimum Gasteiger partial charge on any atom is -0.507 e. The molecule has 0 bridgehead atoms. The molecule has 0 amide bonds. The van der Waals surface area contributed by atoms with Crippen molar-refractivity contribution in [3.8, 4) is 0 Å². The molecule has 1 atom stereocenters. The van der Waals surface area contributed by atoms with E-state index in [0.717, 1.165) is 5.69 Å². The first-order valence-corrected chi connectivity index (χ1v) is 5.34. The first-order valence-electron chi connectivity index (χ1n) is 5.34. The molecular formula is C13H13NO3. The Hall–Kier alpha value is -2.10. The number of carbonyl (C=O) groups excluding carboxylic acids is 1. The number of carbonyl (C=O) groups is 1. The standard InChI is InChI=1S/C13H13NO3/c1-8(14-10-6-4-3-5-7-10)11-12(15)9(2)17-13(11)16/h3-7,9,15H,1-2H3. The number of aliphatic imine (C=N–C) groups is 1. The van der Waals surface area contributed by atoms with Crippen LogP contribution in [0.4, 0.5) is 5.69 Å². The SMILES string of the molecule is CC(=Nc1ccccc1)C1=C(O)C(C)OC1=O. The molecule has 1 aliphatic heterocycles. The summed E-state index contributed by atoms with van der Waals surface area (Å²) >= 11 is 0. The molecule has 4 nitrogen and oxygen atoms in total. The van der Waals surface area contributed by atoms with E-state index in [0.29, 0.717) is 5.71 Å². The first-order chi connectivity index (χ1) is 8.09. The highest BCUT2D eigenvalue weighted by Crippen LogP contribution is 2.23. The zero-order valence-corrected chi connectivity index (χ0v) is 9.68. The van der Waals surface area contributed by atoms with Gasteiger partial charge in [0.05, 0.1) is 11.4 Å². The largest absolute Gasteiger partial charge is 0.507 e. The normalized spacial score (nSPS) is 20.7. The number of rotatable bonds is 2. The van der Waals surface area contributed by atoms with Crippen molar-refractivity contribution in [2.75, 3.05) is 0 Å². The number of benzene rings is 1. The van der Waals surface area contributed by atoms with Gasteiger partial charge in [-0.25, -0.2) is 4.79 Å². The van der Waals surface area contributed by atoms with Gasteiger partial charge in [0.25, 0.3) is 0 Å². The van der Waals surface area contributed by atoms with Crippen molar-refractivity contribution in [3.63, 3.8) is 0 Å². The predicted octanol–water partition coefficient (Wildman–Crippen LogP) is 2.54. The quantitative estimate of drug-likeness (QED) is 0.628. The number of esters is 1. The van der Waals surface area contributed by atoms with Crippen LogP contribution in [0.3, 0.4) is 0 Å². The second-order valence-electron chi connectivity index (χ2n) is 3.84. The molecule has 1 aromatic carbocycles. The Morgan fingerprint density at radius 1 is 1.35 bits per heavy atom. The molecule has 88 valence electrons. The molecule has 0 saturated heterocycles. The summed E-state index contributed by atoms with van der Waals surface area (Å²) in [7, 11) is 0. The Kier molecular flexibility index (Phi) is 2.95. The fourth-order valence-electron chi connectivity index (χ4n) is 1.67. The number of cyclic esters (lactones) is 1. The van der Waals surface area contributed by atoms with Gasteiger partial charge in [-0.05, 0) is 26.0 Å². The predicted molar refractivity (Wildman–Crippen MR) is 64.4 cm³/mol. The van der Waals surface area contributed by atoms with Gasteiger partial charge in [0, 0.05) is 0 Å². The van der Waals surface area contributed by atoms with Crippen LogP contribution in [0, 0.1) is 0 Å². The summed E-state index contributed by atoms with van der Waals surface area (Å²) in [4.78, 5) is 15.8. The molecule has 2 rings (SSSR count). The third-order valence-corrected chi connectivity index (χ3v) is 2.54. The van der Waals surface area contributed by atoms with Crippen molar-refractivity contribution < 1.29 is 14.6 Å². The van der Waals surface area contributed by atoms with E-state index >= 15 is 0 Å². The average molecular weight is 231 g/mol. The van der Waals surface area contributed by atoms with Crippen molar-refractivity contribution in [2.45, 2.75) is 20.0 Å². The Labute approximate surface area is 99.3 Å². The Balaban J connectivity index is 2.36. The Bertz CT molecular complexity index is 503. The van der Waals surface area contributed by atoms with E-state index in [9.17, 15) is 9.90 Å². The fourth-order valence-corrected chi connectivity index (χ4v) is 1.67. The minimum absolute atomic E-state index is 0.0489. The third-order valence-electron chi connectivity index (χ3n) is 2.54. The number of ether oxygens (including phenoxy) is 1. The van der Waals surface area contributed by atoms with Gasteiger partial charge in [0.1, 0.15) is 11.3 Å². The van der Waals surface area contributed by atoms with E-state index < -0.39 is 12.1 Å². The van der Waals surface area contributed by atoms with Crippen LogP contribution >= 0.6 is 0 Å². The topological polar surface area (TPSA) is 58.9 Å². The summed E-state index contributed by atoms with van der Waals surface area (Å²) in [5, 5.41) is 9.73. The van der Waals surface area contributed by atoms with E-state index in [-0.39, 0.29) is 11.3 Å². The minimum atomic E-state index is -0.585. The molecule has 17 heavy (non-hydrogen) atoms. The van der Waals surface area contributed by atoms with Crippen molar-refractivity contribution in [1.29, 1.82) is 0 Å². The summed E-state index contributed by atoms with van der Waals surface area (Å²) in [6, 6.07) is 9.25. The number of aliphatic hydroxyl groups excluding tert-OH is 1. The van der Waals surface area contributed by atoms with E-state index in [2.05, 4.69) is 4.99 Å². The second-order valence-corrected chi connectivity index (χ2v) is 3.84.